The molecule has 1 atom stereocenters. The number of carboxylic acids is 1. The van der Waals surface area contributed by atoms with E-state index in [0.29, 0.717) is 19.7 Å². The number of hydrogen-bond donors (Lipinski definition) is 1. The quantitative estimate of drug-likeness (QED) is 0.849. The first kappa shape index (κ1) is 15.8. The summed E-state index contributed by atoms with van der Waals surface area (Å²) in [6, 6.07) is 2.02. The lowest BCUT2D eigenvalue weighted by atomic mass is 9.69. The van der Waals surface area contributed by atoms with Gasteiger partial charge in [0.2, 0.25) is 5.91 Å². The van der Waals surface area contributed by atoms with Crippen molar-refractivity contribution in [3.63, 3.8) is 0 Å². The van der Waals surface area contributed by atoms with E-state index in [-0.39, 0.29) is 18.7 Å². The lowest BCUT2D eigenvalue weighted by Gasteiger charge is -2.38. The van der Waals surface area contributed by atoms with Crippen LogP contribution < -0.4 is 0 Å². The Morgan fingerprint density at radius 2 is 2.00 bits per heavy atom. The molecule has 2 rings (SSSR count). The lowest BCUT2D eigenvalue weighted by molar-refractivity contribution is -0.144. The average molecular weight is 294 g/mol. The van der Waals surface area contributed by atoms with Crippen molar-refractivity contribution in [2.24, 2.45) is 5.41 Å². The fourth-order valence-corrected chi connectivity index (χ4v) is 3.43. The molecule has 0 radical (unpaired) electrons. The standard InChI is InChI=1S/C15H22N2O4/c16-10-12-11-17(6-7-21-12)13(18)8-15(9-14(19)20)4-2-1-3-5-15/h12H,1-9,11H2,(H,19,20). The van der Waals surface area contributed by atoms with Gasteiger partial charge >= 0.3 is 5.97 Å². The molecule has 0 aromatic carbocycles. The van der Waals surface area contributed by atoms with Gasteiger partial charge in [-0.1, -0.05) is 19.3 Å². The number of ether oxygens (including phenoxy) is 1. The van der Waals surface area contributed by atoms with Crippen LogP contribution in [-0.2, 0) is 14.3 Å². The molecule has 1 heterocycles. The third kappa shape index (κ3) is 4.18. The van der Waals surface area contributed by atoms with Crippen molar-refractivity contribution in [1.82, 2.24) is 4.90 Å². The lowest BCUT2D eigenvalue weighted by Crippen LogP contribution is -2.47. The molecule has 1 N–H and O–H groups in total. The van der Waals surface area contributed by atoms with Gasteiger partial charge in [0, 0.05) is 13.0 Å². The van der Waals surface area contributed by atoms with Gasteiger partial charge in [0.1, 0.15) is 0 Å². The van der Waals surface area contributed by atoms with Crippen molar-refractivity contribution >= 4 is 11.9 Å². The van der Waals surface area contributed by atoms with Crippen LogP contribution in [-0.4, -0.2) is 47.7 Å². The van der Waals surface area contributed by atoms with Crippen molar-refractivity contribution in [3.8, 4) is 6.07 Å². The van der Waals surface area contributed by atoms with Gasteiger partial charge in [0.25, 0.3) is 0 Å². The second-order valence-corrected chi connectivity index (χ2v) is 6.14. The highest BCUT2D eigenvalue weighted by Crippen LogP contribution is 2.42. The molecule has 0 aromatic heterocycles. The highest BCUT2D eigenvalue weighted by atomic mass is 16.5. The molecule has 0 aromatic rings. The Kier molecular flexibility index (Phi) is 5.18. The Hall–Kier alpha value is -1.61. The van der Waals surface area contributed by atoms with E-state index in [1.165, 1.54) is 0 Å². The zero-order valence-corrected chi connectivity index (χ0v) is 12.2. The maximum atomic E-state index is 12.5. The molecule has 1 aliphatic heterocycles. The van der Waals surface area contributed by atoms with E-state index in [2.05, 4.69) is 0 Å². The fraction of sp³-hybridized carbons (Fsp3) is 0.800. The zero-order chi connectivity index (χ0) is 15.3. The maximum Gasteiger partial charge on any atom is 0.303 e. The Labute approximate surface area is 124 Å². The van der Waals surface area contributed by atoms with Crippen molar-refractivity contribution in [2.45, 2.75) is 51.0 Å². The van der Waals surface area contributed by atoms with E-state index in [0.717, 1.165) is 32.1 Å². The van der Waals surface area contributed by atoms with Crippen molar-refractivity contribution < 1.29 is 19.4 Å². The smallest absolute Gasteiger partial charge is 0.303 e. The van der Waals surface area contributed by atoms with E-state index in [4.69, 9.17) is 15.1 Å². The summed E-state index contributed by atoms with van der Waals surface area (Å²) < 4.78 is 5.24. The van der Waals surface area contributed by atoms with Gasteiger partial charge < -0.3 is 14.7 Å². The molecule has 21 heavy (non-hydrogen) atoms. The molecule has 116 valence electrons. The third-order valence-electron chi connectivity index (χ3n) is 4.53. The van der Waals surface area contributed by atoms with Crippen molar-refractivity contribution in [2.75, 3.05) is 19.7 Å². The van der Waals surface area contributed by atoms with Crippen LogP contribution in [0.4, 0.5) is 0 Å². The second kappa shape index (κ2) is 6.90. The maximum absolute atomic E-state index is 12.5. The molecule has 1 saturated carbocycles. The molecule has 1 unspecified atom stereocenters. The van der Waals surface area contributed by atoms with Gasteiger partial charge in [-0.3, -0.25) is 9.59 Å². The highest BCUT2D eigenvalue weighted by Gasteiger charge is 2.38. The van der Waals surface area contributed by atoms with E-state index in [1.807, 2.05) is 6.07 Å². The summed E-state index contributed by atoms with van der Waals surface area (Å²) in [5.41, 5.74) is -0.401. The van der Waals surface area contributed by atoms with Crippen LogP contribution in [0.15, 0.2) is 0 Å². The van der Waals surface area contributed by atoms with Crippen LogP contribution in [0.5, 0.6) is 0 Å². The van der Waals surface area contributed by atoms with Gasteiger partial charge in [-0.25, -0.2) is 0 Å². The molecule has 1 saturated heterocycles. The number of nitriles is 1. The number of carbonyl (C=O) groups excluding carboxylic acids is 1. The van der Waals surface area contributed by atoms with E-state index in [9.17, 15) is 9.59 Å². The van der Waals surface area contributed by atoms with E-state index in [1.54, 1.807) is 4.90 Å². The number of rotatable bonds is 4. The number of carboxylic acid groups (broad SMARTS) is 1. The van der Waals surface area contributed by atoms with Crippen molar-refractivity contribution in [1.29, 1.82) is 5.26 Å². The van der Waals surface area contributed by atoms with Crippen LogP contribution in [0, 0.1) is 16.7 Å². The van der Waals surface area contributed by atoms with Crippen LogP contribution in [0.3, 0.4) is 0 Å². The first-order valence-electron chi connectivity index (χ1n) is 7.55. The Morgan fingerprint density at radius 3 is 2.62 bits per heavy atom. The number of morpholine rings is 1. The molecule has 2 fully saturated rings. The monoisotopic (exact) mass is 294 g/mol. The Bertz CT molecular complexity index is 437. The minimum atomic E-state index is -0.832. The van der Waals surface area contributed by atoms with Gasteiger partial charge in [-0.15, -0.1) is 0 Å². The average Bonchev–Trinajstić information content (AvgIpc) is 2.47. The predicted molar refractivity (Wildman–Crippen MR) is 74.3 cm³/mol. The summed E-state index contributed by atoms with van der Waals surface area (Å²) in [5, 5.41) is 18.0. The van der Waals surface area contributed by atoms with Gasteiger partial charge in [0.05, 0.1) is 25.6 Å². The van der Waals surface area contributed by atoms with Crippen molar-refractivity contribution in [3.05, 3.63) is 0 Å². The number of nitrogens with zero attached hydrogens (tertiary/aromatic N) is 2. The van der Waals surface area contributed by atoms with Crippen LogP contribution in [0.2, 0.25) is 0 Å². The molecule has 6 nitrogen and oxygen atoms in total. The molecule has 0 bridgehead atoms. The minimum absolute atomic E-state index is 0.0401. The Balaban J connectivity index is 2.00. The Morgan fingerprint density at radius 1 is 1.29 bits per heavy atom. The summed E-state index contributed by atoms with van der Waals surface area (Å²) in [5.74, 6) is -0.872. The largest absolute Gasteiger partial charge is 0.481 e. The first-order valence-corrected chi connectivity index (χ1v) is 7.55. The van der Waals surface area contributed by atoms with Crippen LogP contribution in [0.25, 0.3) is 0 Å². The fourth-order valence-electron chi connectivity index (χ4n) is 3.43. The molecule has 2 aliphatic rings. The topological polar surface area (TPSA) is 90.6 Å². The third-order valence-corrected chi connectivity index (χ3v) is 4.53. The molecule has 1 aliphatic carbocycles. The minimum Gasteiger partial charge on any atom is -0.481 e. The molecule has 0 spiro atoms. The number of hydrogen-bond acceptors (Lipinski definition) is 4. The summed E-state index contributed by atoms with van der Waals surface area (Å²) in [4.78, 5) is 25.3. The molecule has 6 heteroatoms. The van der Waals surface area contributed by atoms with E-state index < -0.39 is 17.5 Å². The molecular formula is C15H22N2O4. The second-order valence-electron chi connectivity index (χ2n) is 6.14. The van der Waals surface area contributed by atoms with Crippen LogP contribution >= 0.6 is 0 Å². The summed E-state index contributed by atoms with van der Waals surface area (Å²) in [7, 11) is 0. The first-order chi connectivity index (χ1) is 10.0. The summed E-state index contributed by atoms with van der Waals surface area (Å²) >= 11 is 0. The van der Waals surface area contributed by atoms with Gasteiger partial charge in [0.15, 0.2) is 6.10 Å². The highest BCUT2D eigenvalue weighted by molar-refractivity contribution is 5.78. The van der Waals surface area contributed by atoms with Gasteiger partial charge in [-0.05, 0) is 18.3 Å². The predicted octanol–water partition coefficient (Wildman–Crippen LogP) is 1.55. The summed E-state index contributed by atoms with van der Waals surface area (Å²) in [6.45, 7) is 1.15. The van der Waals surface area contributed by atoms with Gasteiger partial charge in [-0.2, -0.15) is 5.26 Å². The SMILES string of the molecule is N#CC1CN(C(=O)CC2(CC(=O)O)CCCCC2)CCO1. The number of carbonyl (C=O) groups is 2. The molecule has 1 amide bonds. The molecular weight excluding hydrogens is 272 g/mol. The van der Waals surface area contributed by atoms with E-state index >= 15 is 0 Å². The normalized spacial score (nSPS) is 25.1. The summed E-state index contributed by atoms with van der Waals surface area (Å²) in [6.07, 6.45) is 4.47. The number of amides is 1. The van der Waals surface area contributed by atoms with Crippen LogP contribution in [0.1, 0.15) is 44.9 Å². The number of aliphatic carboxylic acids is 1. The zero-order valence-electron chi connectivity index (χ0n) is 12.2.